The Morgan fingerprint density at radius 3 is 2.58 bits per heavy atom. The molecule has 3 rings (SSSR count). The Bertz CT molecular complexity index is 720. The molecule has 0 unspecified atom stereocenters. The van der Waals surface area contributed by atoms with Gasteiger partial charge >= 0.3 is 0 Å². The molecule has 2 aliphatic rings. The fraction of sp³-hybridized carbons (Fsp3) is 0.500. The van der Waals surface area contributed by atoms with Crippen LogP contribution in [0.1, 0.15) is 37.7 Å². The maximum atomic E-state index is 12.7. The Morgan fingerprint density at radius 2 is 1.92 bits per heavy atom. The molecule has 136 valence electrons. The molecule has 1 aliphatic carbocycles. The number of carbonyl (C=O) groups excluding carboxylic acids is 3. The van der Waals surface area contributed by atoms with Gasteiger partial charge in [-0.2, -0.15) is 5.26 Å². The number of Topliss-reactive ketones (excluding diaryl/α,β-unsaturated/α-hetero) is 1. The first kappa shape index (κ1) is 18.1. The van der Waals surface area contributed by atoms with E-state index in [1.165, 1.54) is 0 Å². The van der Waals surface area contributed by atoms with Gasteiger partial charge in [-0.05, 0) is 18.4 Å². The molecule has 2 atom stereocenters. The van der Waals surface area contributed by atoms with Gasteiger partial charge in [0.1, 0.15) is 0 Å². The summed E-state index contributed by atoms with van der Waals surface area (Å²) < 4.78 is 0. The number of carbonyl (C=O) groups is 3. The van der Waals surface area contributed by atoms with E-state index in [0.717, 1.165) is 31.2 Å². The SMILES string of the molecule is N#C[C@@H](C(=O)NCc1ccccc1)C(=O)[C@@H]1CC(=O)N(C2CCCC2)C1. The lowest BCUT2D eigenvalue weighted by Gasteiger charge is -2.24. The summed E-state index contributed by atoms with van der Waals surface area (Å²) in [6, 6.07) is 11.3. The van der Waals surface area contributed by atoms with Crippen LogP contribution in [0.2, 0.25) is 0 Å². The number of likely N-dealkylation sites (tertiary alicyclic amines) is 1. The molecule has 26 heavy (non-hydrogen) atoms. The third-order valence-corrected chi connectivity index (χ3v) is 5.31. The summed E-state index contributed by atoms with van der Waals surface area (Å²) in [5.41, 5.74) is 0.897. The Balaban J connectivity index is 1.59. The summed E-state index contributed by atoms with van der Waals surface area (Å²) in [6.07, 6.45) is 4.28. The molecule has 1 saturated carbocycles. The minimum atomic E-state index is -1.36. The van der Waals surface area contributed by atoms with E-state index in [0.29, 0.717) is 6.54 Å². The van der Waals surface area contributed by atoms with E-state index in [1.807, 2.05) is 36.4 Å². The fourth-order valence-corrected chi connectivity index (χ4v) is 3.87. The van der Waals surface area contributed by atoms with Crippen LogP contribution < -0.4 is 5.32 Å². The molecule has 6 nitrogen and oxygen atoms in total. The molecule has 1 aromatic carbocycles. The average Bonchev–Trinajstić information content (AvgIpc) is 3.30. The Hall–Kier alpha value is -2.68. The molecular weight excluding hydrogens is 330 g/mol. The van der Waals surface area contributed by atoms with Crippen LogP contribution in [0.5, 0.6) is 0 Å². The van der Waals surface area contributed by atoms with Crippen molar-refractivity contribution in [2.24, 2.45) is 11.8 Å². The largest absolute Gasteiger partial charge is 0.350 e. The highest BCUT2D eigenvalue weighted by atomic mass is 16.2. The van der Waals surface area contributed by atoms with Crippen LogP contribution in [0.3, 0.4) is 0 Å². The topological polar surface area (TPSA) is 90.3 Å². The second-order valence-electron chi connectivity index (χ2n) is 7.05. The van der Waals surface area contributed by atoms with Gasteiger partial charge in [-0.1, -0.05) is 43.2 Å². The molecule has 2 fully saturated rings. The van der Waals surface area contributed by atoms with E-state index >= 15 is 0 Å². The summed E-state index contributed by atoms with van der Waals surface area (Å²) in [5, 5.41) is 12.0. The highest BCUT2D eigenvalue weighted by Crippen LogP contribution is 2.30. The van der Waals surface area contributed by atoms with Crippen LogP contribution in [0.25, 0.3) is 0 Å². The zero-order valence-corrected chi connectivity index (χ0v) is 14.7. The first-order valence-electron chi connectivity index (χ1n) is 9.14. The fourth-order valence-electron chi connectivity index (χ4n) is 3.87. The minimum absolute atomic E-state index is 0.0309. The third-order valence-electron chi connectivity index (χ3n) is 5.31. The van der Waals surface area contributed by atoms with E-state index in [-0.39, 0.29) is 24.9 Å². The Kier molecular flexibility index (Phi) is 5.67. The maximum absolute atomic E-state index is 12.7. The third kappa shape index (κ3) is 3.93. The lowest BCUT2D eigenvalue weighted by Crippen LogP contribution is -2.39. The molecule has 1 aromatic rings. The molecule has 2 amide bonds. The molecule has 0 bridgehead atoms. The molecule has 1 aliphatic heterocycles. The predicted octanol–water partition coefficient (Wildman–Crippen LogP) is 1.80. The molecule has 0 spiro atoms. The van der Waals surface area contributed by atoms with Crippen molar-refractivity contribution in [2.75, 3.05) is 6.54 Å². The molecule has 0 aromatic heterocycles. The van der Waals surface area contributed by atoms with Crippen molar-refractivity contribution in [1.29, 1.82) is 5.26 Å². The monoisotopic (exact) mass is 353 g/mol. The molecule has 0 radical (unpaired) electrons. The number of nitriles is 1. The first-order chi connectivity index (χ1) is 12.6. The predicted molar refractivity (Wildman–Crippen MR) is 94.5 cm³/mol. The number of nitrogens with zero attached hydrogens (tertiary/aromatic N) is 2. The Morgan fingerprint density at radius 1 is 1.23 bits per heavy atom. The molecular formula is C20H23N3O3. The van der Waals surface area contributed by atoms with Crippen LogP contribution in [0.15, 0.2) is 30.3 Å². The van der Waals surface area contributed by atoms with Crippen molar-refractivity contribution < 1.29 is 14.4 Å². The van der Waals surface area contributed by atoms with Gasteiger partial charge in [-0.25, -0.2) is 0 Å². The van der Waals surface area contributed by atoms with E-state index in [9.17, 15) is 19.6 Å². The number of hydrogen-bond donors (Lipinski definition) is 1. The second kappa shape index (κ2) is 8.13. The van der Waals surface area contributed by atoms with E-state index in [4.69, 9.17) is 0 Å². The van der Waals surface area contributed by atoms with Crippen molar-refractivity contribution in [2.45, 2.75) is 44.7 Å². The summed E-state index contributed by atoms with van der Waals surface area (Å²) >= 11 is 0. The lowest BCUT2D eigenvalue weighted by atomic mass is 9.92. The van der Waals surface area contributed by atoms with Gasteiger partial charge in [0, 0.05) is 31.5 Å². The molecule has 1 heterocycles. The van der Waals surface area contributed by atoms with Crippen molar-refractivity contribution in [3.8, 4) is 6.07 Å². The van der Waals surface area contributed by atoms with Crippen LogP contribution in [0.4, 0.5) is 0 Å². The van der Waals surface area contributed by atoms with Crippen LogP contribution >= 0.6 is 0 Å². The van der Waals surface area contributed by atoms with Gasteiger partial charge in [0.05, 0.1) is 6.07 Å². The Labute approximate surface area is 153 Å². The lowest BCUT2D eigenvalue weighted by molar-refractivity contribution is -0.134. The number of hydrogen-bond acceptors (Lipinski definition) is 4. The maximum Gasteiger partial charge on any atom is 0.245 e. The minimum Gasteiger partial charge on any atom is -0.350 e. The van der Waals surface area contributed by atoms with E-state index in [2.05, 4.69) is 5.32 Å². The standard InChI is InChI=1S/C20H23N3O3/c21-11-17(20(26)22-12-14-6-2-1-3-7-14)19(25)15-10-18(24)23(13-15)16-8-4-5-9-16/h1-3,6-7,15-17H,4-5,8-10,12-13H2,(H,22,26)/t15-,17-/m1/s1. The van der Waals surface area contributed by atoms with Crippen molar-refractivity contribution in [3.05, 3.63) is 35.9 Å². The molecule has 1 saturated heterocycles. The smallest absolute Gasteiger partial charge is 0.245 e. The van der Waals surface area contributed by atoms with Crippen LogP contribution in [-0.2, 0) is 20.9 Å². The normalized spacial score (nSPS) is 21.4. The van der Waals surface area contributed by atoms with Gasteiger partial charge in [0.2, 0.25) is 11.8 Å². The second-order valence-corrected chi connectivity index (χ2v) is 7.05. The number of nitrogens with one attached hydrogen (secondary N) is 1. The summed E-state index contributed by atoms with van der Waals surface area (Å²) in [6.45, 7) is 0.607. The van der Waals surface area contributed by atoms with Gasteiger partial charge in [0.25, 0.3) is 0 Å². The summed E-state index contributed by atoms with van der Waals surface area (Å²) in [5.74, 6) is -2.98. The van der Waals surface area contributed by atoms with Gasteiger partial charge in [-0.3, -0.25) is 14.4 Å². The van der Waals surface area contributed by atoms with Crippen LogP contribution in [0, 0.1) is 23.2 Å². The van der Waals surface area contributed by atoms with Gasteiger partial charge in [-0.15, -0.1) is 0 Å². The summed E-state index contributed by atoms with van der Waals surface area (Å²) in [7, 11) is 0. The quantitative estimate of drug-likeness (QED) is 0.790. The van der Waals surface area contributed by atoms with Crippen molar-refractivity contribution in [1.82, 2.24) is 10.2 Å². The number of rotatable bonds is 6. The zero-order chi connectivity index (χ0) is 18.5. The number of benzene rings is 1. The molecule has 1 N–H and O–H groups in total. The average molecular weight is 353 g/mol. The van der Waals surface area contributed by atoms with Crippen LogP contribution in [-0.4, -0.2) is 35.1 Å². The van der Waals surface area contributed by atoms with Gasteiger partial charge < -0.3 is 10.2 Å². The zero-order valence-electron chi connectivity index (χ0n) is 14.7. The highest BCUT2D eigenvalue weighted by Gasteiger charge is 2.42. The number of amides is 2. The van der Waals surface area contributed by atoms with Crippen molar-refractivity contribution in [3.63, 3.8) is 0 Å². The van der Waals surface area contributed by atoms with E-state index in [1.54, 1.807) is 4.90 Å². The first-order valence-corrected chi connectivity index (χ1v) is 9.14. The summed E-state index contributed by atoms with van der Waals surface area (Å²) in [4.78, 5) is 39.0. The molecule has 6 heteroatoms. The number of ketones is 1. The highest BCUT2D eigenvalue weighted by molar-refractivity contribution is 6.06. The van der Waals surface area contributed by atoms with Crippen molar-refractivity contribution >= 4 is 17.6 Å². The van der Waals surface area contributed by atoms with Gasteiger partial charge in [0.15, 0.2) is 11.7 Å². The van der Waals surface area contributed by atoms with E-state index < -0.39 is 23.5 Å².